The topological polar surface area (TPSA) is 22.1 Å². The third-order valence-electron chi connectivity index (χ3n) is 1.78. The average Bonchev–Trinajstić information content (AvgIpc) is 2.25. The lowest BCUT2D eigenvalue weighted by Crippen LogP contribution is -1.86. The second-order valence-electron chi connectivity index (χ2n) is 2.89. The highest BCUT2D eigenvalue weighted by Gasteiger charge is 2.06. The van der Waals surface area contributed by atoms with Gasteiger partial charge in [0.2, 0.25) is 0 Å². The van der Waals surface area contributed by atoms with E-state index >= 15 is 0 Å². The molecular formula is C11H5Cl3NO. The first-order valence-corrected chi connectivity index (χ1v) is 5.45. The second kappa shape index (κ2) is 4.91. The van der Waals surface area contributed by atoms with Crippen LogP contribution < -0.4 is 4.74 Å². The Balaban J connectivity index is 2.31. The molecule has 81 valence electrons. The minimum absolute atomic E-state index is 0.326. The van der Waals surface area contributed by atoms with Crippen molar-refractivity contribution in [3.8, 4) is 11.5 Å². The monoisotopic (exact) mass is 272 g/mol. The van der Waals surface area contributed by atoms with Crippen LogP contribution in [-0.2, 0) is 0 Å². The van der Waals surface area contributed by atoms with Crippen molar-refractivity contribution in [3.63, 3.8) is 0 Å². The highest BCUT2D eigenvalue weighted by molar-refractivity contribution is 6.42. The molecule has 2 aromatic rings. The summed E-state index contributed by atoms with van der Waals surface area (Å²) < 4.78 is 5.47. The molecule has 0 fully saturated rings. The van der Waals surface area contributed by atoms with E-state index in [4.69, 9.17) is 39.5 Å². The van der Waals surface area contributed by atoms with Gasteiger partial charge in [-0.25, -0.2) is 4.98 Å². The third-order valence-corrected chi connectivity index (χ3v) is 2.79. The Morgan fingerprint density at radius 3 is 2.75 bits per heavy atom. The van der Waals surface area contributed by atoms with Crippen molar-refractivity contribution in [2.75, 3.05) is 0 Å². The minimum Gasteiger partial charge on any atom is -0.455 e. The number of halogens is 3. The van der Waals surface area contributed by atoms with E-state index in [9.17, 15) is 0 Å². The van der Waals surface area contributed by atoms with Crippen LogP contribution >= 0.6 is 34.8 Å². The summed E-state index contributed by atoms with van der Waals surface area (Å²) in [7, 11) is 0. The van der Waals surface area contributed by atoms with Gasteiger partial charge in [-0.1, -0.05) is 40.9 Å². The van der Waals surface area contributed by atoms with Crippen LogP contribution in [0.15, 0.2) is 30.5 Å². The van der Waals surface area contributed by atoms with Crippen molar-refractivity contribution in [1.29, 1.82) is 0 Å². The molecule has 0 amide bonds. The van der Waals surface area contributed by atoms with Crippen molar-refractivity contribution >= 4 is 34.8 Å². The zero-order chi connectivity index (χ0) is 11.5. The number of hydrogen-bond acceptors (Lipinski definition) is 2. The zero-order valence-electron chi connectivity index (χ0n) is 7.88. The lowest BCUT2D eigenvalue weighted by atomic mass is 10.3. The summed E-state index contributed by atoms with van der Waals surface area (Å²) in [6.07, 6.45) is 1.43. The fourth-order valence-electron chi connectivity index (χ4n) is 1.08. The summed E-state index contributed by atoms with van der Waals surface area (Å²) in [6.45, 7) is 0. The Kier molecular flexibility index (Phi) is 3.54. The molecular weight excluding hydrogens is 268 g/mol. The lowest BCUT2D eigenvalue weighted by molar-refractivity contribution is 0.481. The number of ether oxygens (including phenoxy) is 1. The smallest absolute Gasteiger partial charge is 0.147 e. The van der Waals surface area contributed by atoms with E-state index in [1.165, 1.54) is 6.20 Å². The molecule has 2 nitrogen and oxygen atoms in total. The Bertz CT molecular complexity index is 516. The Hall–Kier alpha value is -0.960. The summed E-state index contributed by atoms with van der Waals surface area (Å²) in [5.74, 6) is 0.886. The molecule has 1 heterocycles. The number of rotatable bonds is 2. The van der Waals surface area contributed by atoms with Gasteiger partial charge in [-0.15, -0.1) is 0 Å². The van der Waals surface area contributed by atoms with Gasteiger partial charge < -0.3 is 4.74 Å². The molecule has 0 saturated carbocycles. The highest BCUT2D eigenvalue weighted by Crippen LogP contribution is 2.34. The Labute approximate surface area is 108 Å². The van der Waals surface area contributed by atoms with Crippen LogP contribution in [0.2, 0.25) is 15.2 Å². The zero-order valence-corrected chi connectivity index (χ0v) is 10.1. The molecule has 2 rings (SSSR count). The van der Waals surface area contributed by atoms with Gasteiger partial charge in [-0.05, 0) is 12.1 Å². The van der Waals surface area contributed by atoms with Gasteiger partial charge in [0.05, 0.1) is 5.02 Å². The van der Waals surface area contributed by atoms with Crippen LogP contribution in [0.1, 0.15) is 0 Å². The molecule has 0 spiro atoms. The lowest BCUT2D eigenvalue weighted by Gasteiger charge is -2.07. The first kappa shape index (κ1) is 11.5. The first-order valence-electron chi connectivity index (χ1n) is 4.32. The van der Waals surface area contributed by atoms with Gasteiger partial charge >= 0.3 is 0 Å². The molecule has 0 N–H and O–H groups in total. The van der Waals surface area contributed by atoms with E-state index < -0.39 is 0 Å². The molecule has 0 bridgehead atoms. The third kappa shape index (κ3) is 2.59. The van der Waals surface area contributed by atoms with Crippen LogP contribution in [-0.4, -0.2) is 4.98 Å². The van der Waals surface area contributed by atoms with E-state index in [1.807, 2.05) is 0 Å². The fourth-order valence-corrected chi connectivity index (χ4v) is 1.56. The van der Waals surface area contributed by atoms with Crippen molar-refractivity contribution in [3.05, 3.63) is 51.7 Å². The van der Waals surface area contributed by atoms with Gasteiger partial charge in [0.15, 0.2) is 0 Å². The van der Waals surface area contributed by atoms with Crippen molar-refractivity contribution in [1.82, 2.24) is 4.98 Å². The normalized spacial score (nSPS) is 10.2. The predicted octanol–water partition coefficient (Wildman–Crippen LogP) is 4.63. The molecule has 5 heteroatoms. The van der Waals surface area contributed by atoms with E-state index in [0.717, 1.165) is 0 Å². The molecule has 16 heavy (non-hydrogen) atoms. The summed E-state index contributed by atoms with van der Waals surface area (Å²) >= 11 is 17.5. The number of hydrogen-bond donors (Lipinski definition) is 0. The molecule has 1 radical (unpaired) electrons. The minimum atomic E-state index is 0.326. The maximum Gasteiger partial charge on any atom is 0.147 e. The molecule has 0 aliphatic rings. The fraction of sp³-hybridized carbons (Fsp3) is 0. The largest absolute Gasteiger partial charge is 0.455 e. The molecule has 0 unspecified atom stereocenters. The average molecular weight is 274 g/mol. The maximum absolute atomic E-state index is 5.96. The van der Waals surface area contributed by atoms with Crippen molar-refractivity contribution in [2.24, 2.45) is 0 Å². The van der Waals surface area contributed by atoms with Gasteiger partial charge in [-0.2, -0.15) is 0 Å². The van der Waals surface area contributed by atoms with Crippen LogP contribution in [0.5, 0.6) is 11.5 Å². The number of nitrogens with zero attached hydrogens (tertiary/aromatic N) is 1. The SMILES string of the molecule is Clc1cc(Oc2cccc(Cl)c2Cl)[c]cn1. The quantitative estimate of drug-likeness (QED) is 0.744. The molecule has 1 aromatic heterocycles. The van der Waals surface area contributed by atoms with Crippen molar-refractivity contribution < 1.29 is 4.74 Å². The number of aromatic nitrogens is 1. The van der Waals surface area contributed by atoms with E-state index in [1.54, 1.807) is 24.3 Å². The summed E-state index contributed by atoms with van der Waals surface area (Å²) in [4.78, 5) is 3.79. The van der Waals surface area contributed by atoms with Gasteiger partial charge in [0.1, 0.15) is 21.7 Å². The van der Waals surface area contributed by atoms with Crippen LogP contribution in [0, 0.1) is 6.07 Å². The van der Waals surface area contributed by atoms with E-state index in [2.05, 4.69) is 11.1 Å². The summed E-state index contributed by atoms with van der Waals surface area (Å²) in [5, 5.41) is 1.11. The maximum atomic E-state index is 5.96. The standard InChI is InChI=1S/C11H5Cl3NO/c12-8-2-1-3-9(11(8)14)16-7-4-5-15-10(13)6-7/h1-3,5-6H. The van der Waals surface area contributed by atoms with Gasteiger partial charge in [-0.3, -0.25) is 0 Å². The predicted molar refractivity (Wildman–Crippen MR) is 64.6 cm³/mol. The number of pyridine rings is 1. The second-order valence-corrected chi connectivity index (χ2v) is 4.06. The van der Waals surface area contributed by atoms with Crippen LogP contribution in [0.25, 0.3) is 0 Å². The van der Waals surface area contributed by atoms with Crippen LogP contribution in [0.3, 0.4) is 0 Å². The first-order chi connectivity index (χ1) is 7.66. The molecule has 0 saturated heterocycles. The van der Waals surface area contributed by atoms with E-state index in [-0.39, 0.29) is 0 Å². The van der Waals surface area contributed by atoms with Crippen LogP contribution in [0.4, 0.5) is 0 Å². The van der Waals surface area contributed by atoms with E-state index in [0.29, 0.717) is 26.7 Å². The van der Waals surface area contributed by atoms with Crippen molar-refractivity contribution in [2.45, 2.75) is 0 Å². The van der Waals surface area contributed by atoms with Gasteiger partial charge in [0, 0.05) is 18.3 Å². The number of benzene rings is 1. The summed E-state index contributed by atoms with van der Waals surface area (Å²) in [5.41, 5.74) is 0. The molecule has 0 aliphatic heterocycles. The van der Waals surface area contributed by atoms with Gasteiger partial charge in [0.25, 0.3) is 0 Å². The molecule has 0 atom stereocenters. The molecule has 0 aliphatic carbocycles. The Morgan fingerprint density at radius 2 is 2.00 bits per heavy atom. The summed E-state index contributed by atoms with van der Waals surface area (Å²) in [6, 6.07) is 9.45. The Morgan fingerprint density at radius 1 is 1.19 bits per heavy atom. The highest BCUT2D eigenvalue weighted by atomic mass is 35.5. The molecule has 1 aromatic carbocycles.